The average Bonchev–Trinajstić information content (AvgIpc) is 2.68. The van der Waals surface area contributed by atoms with Gasteiger partial charge in [-0.05, 0) is 54.8 Å². The molecule has 31 heavy (non-hydrogen) atoms. The largest absolute Gasteiger partial charge is 0.573 e. The van der Waals surface area contributed by atoms with Gasteiger partial charge in [0.1, 0.15) is 17.9 Å². The fourth-order valence-electron chi connectivity index (χ4n) is 2.99. The third kappa shape index (κ3) is 8.21. The molecule has 2 atom stereocenters. The summed E-state index contributed by atoms with van der Waals surface area (Å²) in [4.78, 5) is 11.0. The number of carbonyl (C=O) groups is 1. The van der Waals surface area contributed by atoms with E-state index in [1.807, 2.05) is 12.5 Å². The zero-order valence-electron chi connectivity index (χ0n) is 17.1. The fraction of sp³-hybridized carbons (Fsp3) is 0.350. The summed E-state index contributed by atoms with van der Waals surface area (Å²) in [6, 6.07) is 9.84. The van der Waals surface area contributed by atoms with Crippen LogP contribution in [-0.4, -0.2) is 38.2 Å². The molecular weight excluding hydrogens is 458 g/mol. The molecular formula is C20H24ClF4N3O2S. The monoisotopic (exact) mass is 481 g/mol. The minimum absolute atomic E-state index is 0.145. The maximum atomic E-state index is 12.5. The molecule has 2 unspecified atom stereocenters. The number of benzene rings is 2. The van der Waals surface area contributed by atoms with Crippen molar-refractivity contribution in [2.75, 3.05) is 24.9 Å². The van der Waals surface area contributed by atoms with Crippen LogP contribution in [0.15, 0.2) is 42.5 Å². The quantitative estimate of drug-likeness (QED) is 0.414. The zero-order chi connectivity index (χ0) is 23.2. The first kappa shape index (κ1) is 25.3. The van der Waals surface area contributed by atoms with Gasteiger partial charge in [0.2, 0.25) is 0 Å². The summed E-state index contributed by atoms with van der Waals surface area (Å²) in [5, 5.41) is 2.99. The minimum Gasteiger partial charge on any atom is -0.406 e. The number of aldehydes is 1. The number of hydrogen-bond donors (Lipinski definition) is 3. The molecule has 3 N–H and O–H groups in total. The lowest BCUT2D eigenvalue weighted by atomic mass is 10.0. The van der Waals surface area contributed by atoms with Crippen LogP contribution in [0.4, 0.5) is 23.2 Å². The lowest BCUT2D eigenvalue weighted by Crippen LogP contribution is -2.47. The van der Waals surface area contributed by atoms with Crippen LogP contribution in [0.25, 0.3) is 0 Å². The molecule has 1 heterocycles. The van der Waals surface area contributed by atoms with E-state index >= 15 is 0 Å². The van der Waals surface area contributed by atoms with Crippen molar-refractivity contribution in [2.45, 2.75) is 24.9 Å². The molecule has 0 aliphatic carbocycles. The number of anilines is 1. The first-order valence-corrected chi connectivity index (χ1v) is 12.0. The standard InChI is InChI=1S/C13H17F3N2O2S.C7H7ClFN/c1-21(2)17-10(8-19)7-12(18-21)9-4-3-5-11(6-9)20-13(14,15)16;1-10-5-2-3-7(9)6(8)4-5/h3-6,8,10,12,17-18H,7H2,1-2H3;2-4,10H,1H3. The van der Waals surface area contributed by atoms with Gasteiger partial charge in [-0.15, -0.1) is 23.6 Å². The number of carbonyl (C=O) groups excluding carboxylic acids is 1. The Kier molecular flexibility index (Phi) is 8.58. The highest BCUT2D eigenvalue weighted by Gasteiger charge is 2.33. The summed E-state index contributed by atoms with van der Waals surface area (Å²) in [5.74, 6) is -0.642. The van der Waals surface area contributed by atoms with E-state index < -0.39 is 16.8 Å². The molecule has 1 aliphatic rings. The summed E-state index contributed by atoms with van der Waals surface area (Å²) in [6.45, 7) is 0. The maximum absolute atomic E-state index is 12.5. The van der Waals surface area contributed by atoms with Crippen LogP contribution >= 0.6 is 22.0 Å². The van der Waals surface area contributed by atoms with Crippen LogP contribution < -0.4 is 19.5 Å². The third-order valence-corrected chi connectivity index (χ3v) is 6.29. The molecule has 11 heteroatoms. The molecule has 0 saturated carbocycles. The van der Waals surface area contributed by atoms with Crippen LogP contribution in [0.5, 0.6) is 5.75 Å². The Hall–Kier alpha value is -2.01. The number of alkyl halides is 3. The van der Waals surface area contributed by atoms with Crippen molar-refractivity contribution in [3.8, 4) is 5.75 Å². The fourth-order valence-corrected chi connectivity index (χ4v) is 5.09. The number of hydrogen-bond acceptors (Lipinski definition) is 5. The van der Waals surface area contributed by atoms with Crippen molar-refractivity contribution < 1.29 is 27.1 Å². The Morgan fingerprint density at radius 2 is 1.90 bits per heavy atom. The highest BCUT2D eigenvalue weighted by atomic mass is 35.5. The van der Waals surface area contributed by atoms with Gasteiger partial charge >= 0.3 is 6.36 Å². The second-order valence-corrected chi connectivity index (χ2v) is 10.6. The Balaban J connectivity index is 0.000000285. The van der Waals surface area contributed by atoms with Crippen molar-refractivity contribution in [2.24, 2.45) is 0 Å². The van der Waals surface area contributed by atoms with E-state index in [2.05, 4.69) is 19.5 Å². The Labute approximate surface area is 185 Å². The number of halogens is 5. The van der Waals surface area contributed by atoms with Crippen molar-refractivity contribution in [3.63, 3.8) is 0 Å². The van der Waals surface area contributed by atoms with Crippen molar-refractivity contribution >= 4 is 34.0 Å². The topological polar surface area (TPSA) is 62.4 Å². The smallest absolute Gasteiger partial charge is 0.406 e. The van der Waals surface area contributed by atoms with Gasteiger partial charge in [0.05, 0.1) is 11.1 Å². The summed E-state index contributed by atoms with van der Waals surface area (Å²) in [7, 11) is 0.370. The van der Waals surface area contributed by atoms with E-state index in [0.717, 1.165) is 12.0 Å². The number of nitrogens with one attached hydrogen (secondary N) is 3. The van der Waals surface area contributed by atoms with Gasteiger partial charge < -0.3 is 14.8 Å². The lowest BCUT2D eigenvalue weighted by molar-refractivity contribution is -0.274. The first-order valence-electron chi connectivity index (χ1n) is 9.14. The summed E-state index contributed by atoms with van der Waals surface area (Å²) in [6.07, 6.45) is 0.502. The molecule has 3 rings (SSSR count). The Morgan fingerprint density at radius 3 is 2.48 bits per heavy atom. The molecule has 0 spiro atoms. The average molecular weight is 482 g/mol. The van der Waals surface area contributed by atoms with Gasteiger partial charge in [-0.25, -0.2) is 4.39 Å². The molecule has 1 aliphatic heterocycles. The van der Waals surface area contributed by atoms with Gasteiger partial charge in [-0.3, -0.25) is 9.44 Å². The van der Waals surface area contributed by atoms with Crippen LogP contribution in [0.1, 0.15) is 18.0 Å². The predicted molar refractivity (Wildman–Crippen MR) is 117 cm³/mol. The molecule has 0 radical (unpaired) electrons. The molecule has 1 saturated heterocycles. The highest BCUT2D eigenvalue weighted by Crippen LogP contribution is 2.41. The van der Waals surface area contributed by atoms with Crippen molar-refractivity contribution in [3.05, 3.63) is 58.9 Å². The van der Waals surface area contributed by atoms with Crippen LogP contribution in [0.2, 0.25) is 5.02 Å². The molecule has 5 nitrogen and oxygen atoms in total. The van der Waals surface area contributed by atoms with Crippen LogP contribution in [0, 0.1) is 5.82 Å². The lowest BCUT2D eigenvalue weighted by Gasteiger charge is -2.45. The Bertz CT molecular complexity index is 899. The molecule has 0 bridgehead atoms. The highest BCUT2D eigenvalue weighted by molar-refractivity contribution is 8.29. The van der Waals surface area contributed by atoms with Crippen molar-refractivity contribution in [1.82, 2.24) is 9.44 Å². The van der Waals surface area contributed by atoms with E-state index in [-0.39, 0.29) is 28.7 Å². The third-order valence-electron chi connectivity index (χ3n) is 4.24. The molecule has 2 aromatic carbocycles. The van der Waals surface area contributed by atoms with E-state index in [1.165, 1.54) is 30.3 Å². The second-order valence-electron chi connectivity index (χ2n) is 7.09. The molecule has 0 aromatic heterocycles. The molecule has 172 valence electrons. The van der Waals surface area contributed by atoms with Gasteiger partial charge in [0.25, 0.3) is 0 Å². The van der Waals surface area contributed by atoms with Gasteiger partial charge in [-0.2, -0.15) is 0 Å². The van der Waals surface area contributed by atoms with Gasteiger partial charge in [0, 0.05) is 18.8 Å². The number of ether oxygens (including phenoxy) is 1. The second kappa shape index (κ2) is 10.5. The maximum Gasteiger partial charge on any atom is 0.573 e. The van der Waals surface area contributed by atoms with E-state index in [1.54, 1.807) is 19.2 Å². The van der Waals surface area contributed by atoms with Gasteiger partial charge in [-0.1, -0.05) is 23.7 Å². The van der Waals surface area contributed by atoms with Crippen LogP contribution in [0.3, 0.4) is 0 Å². The summed E-state index contributed by atoms with van der Waals surface area (Å²) < 4.78 is 59.7. The molecule has 2 aromatic rings. The first-order chi connectivity index (χ1) is 14.4. The number of rotatable bonds is 4. The van der Waals surface area contributed by atoms with E-state index in [0.29, 0.717) is 12.0 Å². The predicted octanol–water partition coefficient (Wildman–Crippen LogP) is 5.19. The Morgan fingerprint density at radius 1 is 1.19 bits per heavy atom. The molecule has 1 fully saturated rings. The minimum atomic E-state index is -4.71. The normalized spacial score (nSPS) is 21.3. The van der Waals surface area contributed by atoms with Gasteiger partial charge in [0.15, 0.2) is 0 Å². The van der Waals surface area contributed by atoms with Crippen molar-refractivity contribution in [1.29, 1.82) is 0 Å². The zero-order valence-corrected chi connectivity index (χ0v) is 18.7. The SMILES string of the molecule is CNc1ccc(F)c(Cl)c1.CS1(C)NC(C=O)CC(c2cccc(OC(F)(F)F)c2)N1. The summed E-state index contributed by atoms with van der Waals surface area (Å²) in [5.41, 5.74) is 1.48. The van der Waals surface area contributed by atoms with Crippen LogP contribution in [-0.2, 0) is 4.79 Å². The van der Waals surface area contributed by atoms with E-state index in [9.17, 15) is 22.4 Å². The summed E-state index contributed by atoms with van der Waals surface area (Å²) >= 11 is 5.48. The molecule has 0 amide bonds. The van der Waals surface area contributed by atoms with E-state index in [4.69, 9.17) is 11.6 Å².